The lowest BCUT2D eigenvalue weighted by molar-refractivity contribution is -0.200. The summed E-state index contributed by atoms with van der Waals surface area (Å²) >= 11 is 0. The van der Waals surface area contributed by atoms with Crippen LogP contribution in [0.3, 0.4) is 0 Å². The molecule has 128 valence electrons. The molecule has 3 heteroatoms. The highest BCUT2D eigenvalue weighted by molar-refractivity contribution is 5.00. The van der Waals surface area contributed by atoms with Crippen LogP contribution in [0.15, 0.2) is 0 Å². The van der Waals surface area contributed by atoms with E-state index in [2.05, 4.69) is 37.5 Å². The summed E-state index contributed by atoms with van der Waals surface area (Å²) in [5.74, 6) is 0.773. The molecular formula is C19H36N2O. The Bertz CT molecular complexity index is 347. The molecule has 0 amide bonds. The van der Waals surface area contributed by atoms with Gasteiger partial charge in [0, 0.05) is 38.8 Å². The van der Waals surface area contributed by atoms with E-state index in [1.54, 1.807) is 0 Å². The van der Waals surface area contributed by atoms with Gasteiger partial charge in [-0.15, -0.1) is 0 Å². The van der Waals surface area contributed by atoms with Crippen LogP contribution in [0, 0.1) is 11.3 Å². The van der Waals surface area contributed by atoms with Gasteiger partial charge in [0.2, 0.25) is 0 Å². The molecule has 0 spiro atoms. The maximum atomic E-state index is 6.44. The molecule has 3 aliphatic heterocycles. The Kier molecular flexibility index (Phi) is 4.87. The summed E-state index contributed by atoms with van der Waals surface area (Å²) in [6, 6.07) is 0.699. The first kappa shape index (κ1) is 16.7. The summed E-state index contributed by atoms with van der Waals surface area (Å²) in [6.45, 7) is 16.6. The fourth-order valence-electron chi connectivity index (χ4n) is 4.72. The molecule has 22 heavy (non-hydrogen) atoms. The minimum atomic E-state index is 0.228. The van der Waals surface area contributed by atoms with Crippen molar-refractivity contribution in [3.05, 3.63) is 0 Å². The van der Waals surface area contributed by atoms with Crippen molar-refractivity contribution in [3.8, 4) is 0 Å². The van der Waals surface area contributed by atoms with Crippen molar-refractivity contribution in [2.45, 2.75) is 71.4 Å². The fraction of sp³-hybridized carbons (Fsp3) is 1.00. The molecule has 1 saturated carbocycles. The lowest BCUT2D eigenvalue weighted by Gasteiger charge is -2.55. The van der Waals surface area contributed by atoms with E-state index in [1.165, 1.54) is 64.8 Å². The largest absolute Gasteiger partial charge is 0.374 e. The van der Waals surface area contributed by atoms with Gasteiger partial charge in [-0.2, -0.15) is 0 Å². The van der Waals surface area contributed by atoms with Gasteiger partial charge in [-0.3, -0.25) is 4.90 Å². The lowest BCUT2D eigenvalue weighted by Crippen LogP contribution is -2.55. The molecule has 0 aromatic carbocycles. The Hall–Kier alpha value is -0.120. The van der Waals surface area contributed by atoms with Crippen LogP contribution in [0.5, 0.6) is 0 Å². The van der Waals surface area contributed by atoms with Gasteiger partial charge in [-0.25, -0.2) is 0 Å². The Morgan fingerprint density at radius 1 is 0.909 bits per heavy atom. The van der Waals surface area contributed by atoms with Crippen LogP contribution in [-0.4, -0.2) is 60.8 Å². The third kappa shape index (κ3) is 3.22. The van der Waals surface area contributed by atoms with Crippen LogP contribution in [0.1, 0.15) is 59.8 Å². The van der Waals surface area contributed by atoms with E-state index in [1.807, 2.05) is 0 Å². The summed E-state index contributed by atoms with van der Waals surface area (Å²) < 4.78 is 6.44. The molecule has 4 rings (SSSR count). The molecule has 0 radical (unpaired) electrons. The number of hydrogen-bond acceptors (Lipinski definition) is 3. The van der Waals surface area contributed by atoms with Gasteiger partial charge in [0.05, 0.1) is 12.2 Å². The van der Waals surface area contributed by atoms with Gasteiger partial charge in [0.25, 0.3) is 0 Å². The number of nitrogens with zero attached hydrogens (tertiary/aromatic N) is 2. The molecule has 4 aliphatic rings. The standard InChI is InChI=1S/C19H36N2O/c1-16(2)18-5-7-19(8-6-18,22-15-18)9-10-20-11-13-21(14-12-20)17(3)4/h16-17H,5-15H2,1-4H3. The van der Waals surface area contributed by atoms with Crippen LogP contribution in [0.2, 0.25) is 0 Å². The molecule has 0 N–H and O–H groups in total. The Labute approximate surface area is 137 Å². The zero-order chi connectivity index (χ0) is 15.8. The molecule has 0 atom stereocenters. The highest BCUT2D eigenvalue weighted by Gasteiger charge is 2.50. The van der Waals surface area contributed by atoms with Gasteiger partial charge in [-0.05, 0) is 57.3 Å². The molecular weight excluding hydrogens is 272 g/mol. The van der Waals surface area contributed by atoms with Crippen LogP contribution in [0.25, 0.3) is 0 Å². The van der Waals surface area contributed by atoms with Crippen molar-refractivity contribution < 1.29 is 4.74 Å². The van der Waals surface area contributed by atoms with Crippen molar-refractivity contribution in [1.29, 1.82) is 0 Å². The normalized spacial score (nSPS) is 37.4. The third-order valence-electron chi connectivity index (χ3n) is 7.07. The average molecular weight is 309 g/mol. The summed E-state index contributed by atoms with van der Waals surface area (Å²) in [4.78, 5) is 5.26. The maximum Gasteiger partial charge on any atom is 0.0695 e. The number of piperazine rings is 1. The lowest BCUT2D eigenvalue weighted by atomic mass is 9.60. The van der Waals surface area contributed by atoms with Crippen LogP contribution < -0.4 is 0 Å². The molecule has 3 nitrogen and oxygen atoms in total. The van der Waals surface area contributed by atoms with Crippen LogP contribution in [0.4, 0.5) is 0 Å². The first-order valence-corrected chi connectivity index (χ1v) is 9.55. The molecule has 3 saturated heterocycles. The van der Waals surface area contributed by atoms with E-state index in [0.29, 0.717) is 11.5 Å². The summed E-state index contributed by atoms with van der Waals surface area (Å²) in [7, 11) is 0. The van der Waals surface area contributed by atoms with E-state index in [9.17, 15) is 0 Å². The number of hydrogen-bond donors (Lipinski definition) is 0. The summed E-state index contributed by atoms with van der Waals surface area (Å²) in [6.07, 6.45) is 6.65. The SMILES string of the molecule is CC(C)N1CCN(CCC23CCC(C(C)C)(CC2)CO3)CC1. The number of fused-ring (bicyclic) bond motifs is 3. The predicted octanol–water partition coefficient (Wildman–Crippen LogP) is 3.39. The van der Waals surface area contributed by atoms with E-state index >= 15 is 0 Å². The molecule has 0 aromatic rings. The van der Waals surface area contributed by atoms with E-state index in [0.717, 1.165) is 12.5 Å². The molecule has 0 aromatic heterocycles. The third-order valence-corrected chi connectivity index (χ3v) is 7.07. The number of rotatable bonds is 5. The minimum absolute atomic E-state index is 0.228. The van der Waals surface area contributed by atoms with Crippen molar-refractivity contribution in [2.24, 2.45) is 11.3 Å². The van der Waals surface area contributed by atoms with E-state index in [-0.39, 0.29) is 5.60 Å². The van der Waals surface area contributed by atoms with Gasteiger partial charge in [-0.1, -0.05) is 13.8 Å². The molecule has 0 unspecified atom stereocenters. The molecule has 2 bridgehead atoms. The van der Waals surface area contributed by atoms with Crippen molar-refractivity contribution in [3.63, 3.8) is 0 Å². The van der Waals surface area contributed by atoms with Crippen molar-refractivity contribution in [2.75, 3.05) is 39.3 Å². The quantitative estimate of drug-likeness (QED) is 0.774. The molecule has 4 fully saturated rings. The van der Waals surface area contributed by atoms with Crippen LogP contribution >= 0.6 is 0 Å². The number of ether oxygens (including phenoxy) is 1. The zero-order valence-corrected chi connectivity index (χ0v) is 15.2. The van der Waals surface area contributed by atoms with Crippen LogP contribution in [-0.2, 0) is 4.74 Å². The Balaban J connectivity index is 1.46. The first-order chi connectivity index (χ1) is 10.4. The summed E-state index contributed by atoms with van der Waals surface area (Å²) in [5, 5.41) is 0. The monoisotopic (exact) mass is 308 g/mol. The van der Waals surface area contributed by atoms with Gasteiger partial charge in [0.15, 0.2) is 0 Å². The molecule has 1 aliphatic carbocycles. The zero-order valence-electron chi connectivity index (χ0n) is 15.2. The highest BCUT2D eigenvalue weighted by atomic mass is 16.5. The van der Waals surface area contributed by atoms with Gasteiger partial charge < -0.3 is 9.64 Å². The topological polar surface area (TPSA) is 15.7 Å². The molecule has 3 heterocycles. The second-order valence-electron chi connectivity index (χ2n) is 8.71. The maximum absolute atomic E-state index is 6.44. The second kappa shape index (κ2) is 6.41. The predicted molar refractivity (Wildman–Crippen MR) is 92.2 cm³/mol. The average Bonchev–Trinajstić information content (AvgIpc) is 2.55. The van der Waals surface area contributed by atoms with Crippen molar-refractivity contribution >= 4 is 0 Å². The van der Waals surface area contributed by atoms with Gasteiger partial charge in [0.1, 0.15) is 0 Å². The van der Waals surface area contributed by atoms with Gasteiger partial charge >= 0.3 is 0 Å². The minimum Gasteiger partial charge on any atom is -0.374 e. The highest BCUT2D eigenvalue weighted by Crippen LogP contribution is 2.53. The fourth-order valence-corrected chi connectivity index (χ4v) is 4.72. The van der Waals surface area contributed by atoms with E-state index < -0.39 is 0 Å². The first-order valence-electron chi connectivity index (χ1n) is 9.55. The smallest absolute Gasteiger partial charge is 0.0695 e. The van der Waals surface area contributed by atoms with Crippen molar-refractivity contribution in [1.82, 2.24) is 9.80 Å². The second-order valence-corrected chi connectivity index (χ2v) is 8.71. The Morgan fingerprint density at radius 2 is 1.55 bits per heavy atom. The summed E-state index contributed by atoms with van der Waals surface area (Å²) in [5.41, 5.74) is 0.733. The van der Waals surface area contributed by atoms with E-state index in [4.69, 9.17) is 4.74 Å². The Morgan fingerprint density at radius 3 is 2.00 bits per heavy atom.